The summed E-state index contributed by atoms with van der Waals surface area (Å²) >= 11 is 0. The van der Waals surface area contributed by atoms with Crippen molar-refractivity contribution in [1.29, 1.82) is 0 Å². The first-order chi connectivity index (χ1) is 11.0. The van der Waals surface area contributed by atoms with E-state index in [4.69, 9.17) is 5.11 Å². The van der Waals surface area contributed by atoms with Gasteiger partial charge in [0, 0.05) is 5.56 Å². The van der Waals surface area contributed by atoms with E-state index in [0.29, 0.717) is 0 Å². The van der Waals surface area contributed by atoms with E-state index in [0.717, 1.165) is 36.4 Å². The number of hydrogen-bond donors (Lipinski definition) is 1. The summed E-state index contributed by atoms with van der Waals surface area (Å²) in [5.74, 6) is -1.45. The van der Waals surface area contributed by atoms with Crippen molar-refractivity contribution >= 4 is 5.97 Å². The molecule has 1 aromatic carbocycles. The predicted octanol–water partition coefficient (Wildman–Crippen LogP) is 4.41. The highest BCUT2D eigenvalue weighted by atomic mass is 19.4. The van der Waals surface area contributed by atoms with E-state index >= 15 is 0 Å². The van der Waals surface area contributed by atoms with Gasteiger partial charge in [0.15, 0.2) is 0 Å². The highest BCUT2D eigenvalue weighted by Crippen LogP contribution is 2.34. The number of halogens is 6. The van der Waals surface area contributed by atoms with Crippen molar-refractivity contribution in [3.05, 3.63) is 53.2 Å². The highest BCUT2D eigenvalue weighted by Gasteiger charge is 2.36. The summed E-state index contributed by atoms with van der Waals surface area (Å²) in [5.41, 5.74) is -2.99. The lowest BCUT2D eigenvalue weighted by atomic mass is 10.0. The summed E-state index contributed by atoms with van der Waals surface area (Å²) in [4.78, 5) is 14.0. The van der Waals surface area contributed by atoms with Crippen molar-refractivity contribution < 1.29 is 36.2 Å². The molecule has 128 valence electrons. The van der Waals surface area contributed by atoms with Gasteiger partial charge in [0.1, 0.15) is 5.69 Å². The number of aromatic nitrogens is 1. The minimum Gasteiger partial charge on any atom is -0.481 e. The van der Waals surface area contributed by atoms with Gasteiger partial charge in [0.25, 0.3) is 0 Å². The normalized spacial score (nSPS) is 12.2. The lowest BCUT2D eigenvalue weighted by Crippen LogP contribution is -2.15. The van der Waals surface area contributed by atoms with Crippen molar-refractivity contribution in [2.24, 2.45) is 0 Å². The SMILES string of the molecule is O=C(O)Cc1ccc(-c2ccc(C(F)(F)F)cc2)nc1C(F)(F)F. The Labute approximate surface area is 131 Å². The van der Waals surface area contributed by atoms with Crippen molar-refractivity contribution in [1.82, 2.24) is 4.98 Å². The fraction of sp³-hybridized carbons (Fsp3) is 0.200. The number of pyridine rings is 1. The molecule has 0 saturated carbocycles. The number of hydrogen-bond acceptors (Lipinski definition) is 2. The summed E-state index contributed by atoms with van der Waals surface area (Å²) in [6, 6.07) is 5.56. The molecule has 0 aliphatic heterocycles. The summed E-state index contributed by atoms with van der Waals surface area (Å²) in [7, 11) is 0. The fourth-order valence-corrected chi connectivity index (χ4v) is 2.03. The zero-order valence-corrected chi connectivity index (χ0v) is 11.7. The lowest BCUT2D eigenvalue weighted by molar-refractivity contribution is -0.142. The second-order valence-corrected chi connectivity index (χ2v) is 4.85. The molecule has 0 spiro atoms. The largest absolute Gasteiger partial charge is 0.481 e. The molecule has 2 rings (SSSR count). The van der Waals surface area contributed by atoms with Crippen LogP contribution in [0, 0.1) is 0 Å². The molecular weight excluding hydrogens is 340 g/mol. The average molecular weight is 349 g/mol. The molecule has 1 aromatic heterocycles. The standard InChI is InChI=1S/C15H9F6NO2/c16-14(17,18)10-4-1-8(2-5-10)11-6-3-9(7-12(23)24)13(22-11)15(19,20)21/h1-6H,7H2,(H,23,24). The summed E-state index contributed by atoms with van der Waals surface area (Å²) < 4.78 is 76.5. The maximum atomic E-state index is 13.0. The first kappa shape index (κ1) is 17.8. The van der Waals surface area contributed by atoms with E-state index in [2.05, 4.69) is 4.98 Å². The minimum atomic E-state index is -4.88. The number of rotatable bonds is 3. The Morgan fingerprint density at radius 3 is 1.96 bits per heavy atom. The van der Waals surface area contributed by atoms with Gasteiger partial charge in [-0.15, -0.1) is 0 Å². The zero-order valence-electron chi connectivity index (χ0n) is 11.7. The molecule has 0 amide bonds. The van der Waals surface area contributed by atoms with Gasteiger partial charge in [-0.2, -0.15) is 26.3 Å². The number of alkyl halides is 6. The first-order valence-corrected chi connectivity index (χ1v) is 6.45. The van der Waals surface area contributed by atoms with Gasteiger partial charge in [-0.25, -0.2) is 4.98 Å². The number of carboxylic acid groups (broad SMARTS) is 1. The molecule has 24 heavy (non-hydrogen) atoms. The Kier molecular flexibility index (Phi) is 4.54. The van der Waals surface area contributed by atoms with Crippen LogP contribution in [0.2, 0.25) is 0 Å². The van der Waals surface area contributed by atoms with E-state index in [1.54, 1.807) is 0 Å². The van der Waals surface area contributed by atoms with Gasteiger partial charge in [0.05, 0.1) is 17.7 Å². The maximum Gasteiger partial charge on any atom is 0.433 e. The fourth-order valence-electron chi connectivity index (χ4n) is 2.03. The summed E-state index contributed by atoms with van der Waals surface area (Å²) in [6.45, 7) is 0. The third-order valence-corrected chi connectivity index (χ3v) is 3.10. The monoisotopic (exact) mass is 349 g/mol. The number of benzene rings is 1. The van der Waals surface area contributed by atoms with Crippen molar-refractivity contribution in [3.8, 4) is 11.3 Å². The topological polar surface area (TPSA) is 50.2 Å². The molecule has 1 N–H and O–H groups in total. The van der Waals surface area contributed by atoms with Crippen molar-refractivity contribution in [3.63, 3.8) is 0 Å². The molecule has 0 aliphatic rings. The lowest BCUT2D eigenvalue weighted by Gasteiger charge is -2.13. The molecule has 0 aliphatic carbocycles. The second-order valence-electron chi connectivity index (χ2n) is 4.85. The van der Waals surface area contributed by atoms with Crippen LogP contribution < -0.4 is 0 Å². The van der Waals surface area contributed by atoms with Gasteiger partial charge in [0.2, 0.25) is 0 Å². The van der Waals surface area contributed by atoms with Crippen LogP contribution in [0.1, 0.15) is 16.8 Å². The molecule has 0 bridgehead atoms. The molecule has 0 saturated heterocycles. The smallest absolute Gasteiger partial charge is 0.433 e. The van der Waals surface area contributed by atoms with Gasteiger partial charge in [-0.1, -0.05) is 18.2 Å². The van der Waals surface area contributed by atoms with Gasteiger partial charge in [-0.05, 0) is 23.8 Å². The van der Waals surface area contributed by atoms with Crippen LogP contribution in [0.15, 0.2) is 36.4 Å². The number of aliphatic carboxylic acids is 1. The molecular formula is C15H9F6NO2. The molecule has 9 heteroatoms. The molecule has 1 heterocycles. The molecule has 0 fully saturated rings. The zero-order chi connectivity index (χ0) is 18.1. The van der Waals surface area contributed by atoms with Gasteiger partial charge < -0.3 is 5.11 Å². The van der Waals surface area contributed by atoms with Gasteiger partial charge in [-0.3, -0.25) is 4.79 Å². The van der Waals surface area contributed by atoms with E-state index in [1.807, 2.05) is 0 Å². The predicted molar refractivity (Wildman–Crippen MR) is 71.0 cm³/mol. The average Bonchev–Trinajstić information content (AvgIpc) is 2.45. The highest BCUT2D eigenvalue weighted by molar-refractivity contribution is 5.71. The third-order valence-electron chi connectivity index (χ3n) is 3.10. The van der Waals surface area contributed by atoms with E-state index < -0.39 is 41.6 Å². The van der Waals surface area contributed by atoms with Crippen molar-refractivity contribution in [2.75, 3.05) is 0 Å². The van der Waals surface area contributed by atoms with E-state index in [1.165, 1.54) is 0 Å². The van der Waals surface area contributed by atoms with Crippen molar-refractivity contribution in [2.45, 2.75) is 18.8 Å². The quantitative estimate of drug-likeness (QED) is 0.835. The van der Waals surface area contributed by atoms with E-state index in [-0.39, 0.29) is 11.3 Å². The van der Waals surface area contributed by atoms with Gasteiger partial charge >= 0.3 is 18.3 Å². The minimum absolute atomic E-state index is 0.0513. The number of nitrogens with zero attached hydrogens (tertiary/aromatic N) is 1. The third kappa shape index (κ3) is 4.03. The Hall–Kier alpha value is -2.58. The van der Waals surface area contributed by atoms with Crippen LogP contribution in [-0.2, 0) is 23.6 Å². The second kappa shape index (κ2) is 6.14. The maximum absolute atomic E-state index is 13.0. The number of carboxylic acids is 1. The Bertz CT molecular complexity index is 750. The van der Waals surface area contributed by atoms with Crippen LogP contribution in [0.4, 0.5) is 26.3 Å². The summed E-state index contributed by atoms with van der Waals surface area (Å²) in [6.07, 6.45) is -10.3. The first-order valence-electron chi connectivity index (χ1n) is 6.45. The molecule has 3 nitrogen and oxygen atoms in total. The Balaban J connectivity index is 2.46. The van der Waals surface area contributed by atoms with Crippen LogP contribution in [0.5, 0.6) is 0 Å². The van der Waals surface area contributed by atoms with E-state index in [9.17, 15) is 31.1 Å². The summed E-state index contributed by atoms with van der Waals surface area (Å²) in [5, 5.41) is 8.65. The molecule has 0 radical (unpaired) electrons. The van der Waals surface area contributed by atoms with Crippen LogP contribution in [0.25, 0.3) is 11.3 Å². The molecule has 2 aromatic rings. The Morgan fingerprint density at radius 2 is 1.50 bits per heavy atom. The van der Waals surface area contributed by atoms with Crippen LogP contribution in [-0.4, -0.2) is 16.1 Å². The molecule has 0 unspecified atom stereocenters. The number of carbonyl (C=O) groups is 1. The van der Waals surface area contributed by atoms with Crippen LogP contribution in [0.3, 0.4) is 0 Å². The molecule has 0 atom stereocenters. The van der Waals surface area contributed by atoms with Crippen LogP contribution >= 0.6 is 0 Å². The Morgan fingerprint density at radius 1 is 0.917 bits per heavy atom.